The molecule has 0 bridgehead atoms. The first-order chi connectivity index (χ1) is 14.8. The number of nitrogens with zero attached hydrogens (tertiary/aromatic N) is 5. The van der Waals surface area contributed by atoms with Crippen LogP contribution in [0.25, 0.3) is 0 Å². The van der Waals surface area contributed by atoms with Crippen LogP contribution in [0, 0.1) is 0 Å². The number of hydrogen-bond donors (Lipinski definition) is 0. The summed E-state index contributed by atoms with van der Waals surface area (Å²) in [6, 6.07) is 10.8. The molecule has 1 saturated heterocycles. The second-order valence-corrected chi connectivity index (χ2v) is 7.21. The molecule has 0 saturated carbocycles. The van der Waals surface area contributed by atoms with E-state index in [9.17, 15) is 14.4 Å². The van der Waals surface area contributed by atoms with Gasteiger partial charge in [0, 0.05) is 65.9 Å². The van der Waals surface area contributed by atoms with Crippen LogP contribution in [-0.4, -0.2) is 62.3 Å². The number of likely N-dealkylation sites (tertiary alicyclic amines) is 1. The molecule has 3 amide bonds. The van der Waals surface area contributed by atoms with E-state index in [1.54, 1.807) is 41.7 Å². The van der Waals surface area contributed by atoms with Crippen molar-refractivity contribution in [2.75, 3.05) is 20.6 Å². The van der Waals surface area contributed by atoms with Crippen molar-refractivity contribution in [2.24, 2.45) is 14.1 Å². The van der Waals surface area contributed by atoms with E-state index in [1.165, 1.54) is 7.05 Å². The standard InChI is InChI=1S/C9H7NO2.C5H9NO.C5H7N.C4H6N2/c1-10-8(11)6-4-2-3-5-7(6)9(10)12;1-6-4-2-3-5(6)7;1-6-4-2-3-5-6;1-6-3-2-5-4-6/h2-5H,1H3;2-4H2,1H3;2-5H,1H3;2-4H,1H3. The molecule has 2 aliphatic heterocycles. The molecule has 0 N–H and O–H groups in total. The number of amides is 3. The quantitative estimate of drug-likeness (QED) is 0.521. The highest BCUT2D eigenvalue weighted by atomic mass is 16.2. The van der Waals surface area contributed by atoms with Crippen molar-refractivity contribution < 1.29 is 14.4 Å². The monoisotopic (exact) mass is 423 g/mol. The summed E-state index contributed by atoms with van der Waals surface area (Å²) in [6.45, 7) is 0.957. The van der Waals surface area contributed by atoms with Gasteiger partial charge in [0.05, 0.1) is 17.5 Å². The zero-order chi connectivity index (χ0) is 22.8. The molecular weight excluding hydrogens is 394 g/mol. The van der Waals surface area contributed by atoms with E-state index in [0.29, 0.717) is 17.0 Å². The van der Waals surface area contributed by atoms with Crippen molar-refractivity contribution in [3.8, 4) is 0 Å². The average molecular weight is 424 g/mol. The van der Waals surface area contributed by atoms with Gasteiger partial charge in [0.15, 0.2) is 0 Å². The molecule has 5 rings (SSSR count). The Hall–Kier alpha value is -3.68. The number of aryl methyl sites for hydroxylation is 2. The summed E-state index contributed by atoms with van der Waals surface area (Å²) in [4.78, 5) is 39.8. The summed E-state index contributed by atoms with van der Waals surface area (Å²) in [7, 11) is 7.27. The fraction of sp³-hybridized carbons (Fsp3) is 0.304. The van der Waals surface area contributed by atoms with Gasteiger partial charge in [0.2, 0.25) is 5.91 Å². The number of aromatic nitrogens is 3. The van der Waals surface area contributed by atoms with E-state index >= 15 is 0 Å². The van der Waals surface area contributed by atoms with Crippen LogP contribution in [0.5, 0.6) is 0 Å². The molecule has 8 nitrogen and oxygen atoms in total. The highest BCUT2D eigenvalue weighted by Gasteiger charge is 2.31. The molecule has 1 aromatic carbocycles. The molecule has 4 heterocycles. The van der Waals surface area contributed by atoms with Gasteiger partial charge in [-0.2, -0.15) is 0 Å². The predicted molar refractivity (Wildman–Crippen MR) is 118 cm³/mol. The third kappa shape index (κ3) is 6.95. The third-order valence-electron chi connectivity index (χ3n) is 4.70. The Labute approximate surface area is 182 Å². The molecule has 1 fully saturated rings. The summed E-state index contributed by atoms with van der Waals surface area (Å²) in [6.07, 6.45) is 11.2. The zero-order valence-corrected chi connectivity index (χ0v) is 18.4. The minimum atomic E-state index is -0.212. The van der Waals surface area contributed by atoms with Crippen LogP contribution in [-0.2, 0) is 18.9 Å². The first-order valence-electron chi connectivity index (χ1n) is 9.95. The minimum absolute atomic E-state index is 0.212. The van der Waals surface area contributed by atoms with Gasteiger partial charge in [0.1, 0.15) is 0 Å². The summed E-state index contributed by atoms with van der Waals surface area (Å²) in [5.74, 6) is -0.133. The average Bonchev–Trinajstić information content (AvgIpc) is 3.56. The zero-order valence-electron chi connectivity index (χ0n) is 18.4. The number of carbonyl (C=O) groups excluding carboxylic acids is 3. The molecule has 0 spiro atoms. The number of imidazole rings is 1. The second kappa shape index (κ2) is 11.5. The molecule has 2 aromatic heterocycles. The van der Waals surface area contributed by atoms with E-state index in [-0.39, 0.29) is 11.8 Å². The van der Waals surface area contributed by atoms with E-state index < -0.39 is 0 Å². The normalized spacial score (nSPS) is 14.1. The van der Waals surface area contributed by atoms with Gasteiger partial charge in [-0.05, 0) is 30.7 Å². The van der Waals surface area contributed by atoms with E-state index in [2.05, 4.69) is 4.98 Å². The molecule has 2 aliphatic rings. The molecule has 0 unspecified atom stereocenters. The van der Waals surface area contributed by atoms with Crippen LogP contribution in [0.3, 0.4) is 0 Å². The maximum absolute atomic E-state index is 11.3. The number of fused-ring (bicyclic) bond motifs is 1. The van der Waals surface area contributed by atoms with E-state index in [0.717, 1.165) is 24.3 Å². The highest BCUT2D eigenvalue weighted by Crippen LogP contribution is 2.20. The summed E-state index contributed by atoms with van der Waals surface area (Å²) >= 11 is 0. The van der Waals surface area contributed by atoms with Crippen LogP contribution in [0.2, 0.25) is 0 Å². The number of hydrogen-bond acceptors (Lipinski definition) is 4. The van der Waals surface area contributed by atoms with Crippen molar-refractivity contribution >= 4 is 17.7 Å². The molecule has 3 aromatic rings. The van der Waals surface area contributed by atoms with Crippen molar-refractivity contribution in [2.45, 2.75) is 12.8 Å². The smallest absolute Gasteiger partial charge is 0.261 e. The first-order valence-corrected chi connectivity index (χ1v) is 9.95. The molecule has 0 atom stereocenters. The van der Waals surface area contributed by atoms with Gasteiger partial charge in [-0.15, -0.1) is 0 Å². The Morgan fingerprint density at radius 2 is 1.35 bits per heavy atom. The number of imide groups is 1. The van der Waals surface area contributed by atoms with Gasteiger partial charge in [0.25, 0.3) is 11.8 Å². The van der Waals surface area contributed by atoms with E-state index in [4.69, 9.17) is 0 Å². The lowest BCUT2D eigenvalue weighted by Crippen LogP contribution is -2.24. The number of rotatable bonds is 0. The Bertz CT molecular complexity index is 913. The van der Waals surface area contributed by atoms with Gasteiger partial charge in [-0.3, -0.25) is 19.3 Å². The molecule has 31 heavy (non-hydrogen) atoms. The molecule has 0 radical (unpaired) electrons. The van der Waals surface area contributed by atoms with Crippen molar-refractivity contribution in [1.29, 1.82) is 0 Å². The Morgan fingerprint density at radius 3 is 1.61 bits per heavy atom. The lowest BCUT2D eigenvalue weighted by molar-refractivity contribution is -0.126. The van der Waals surface area contributed by atoms with Gasteiger partial charge < -0.3 is 14.0 Å². The predicted octanol–water partition coefficient (Wildman–Crippen LogP) is 2.60. The second-order valence-electron chi connectivity index (χ2n) is 7.21. The lowest BCUT2D eigenvalue weighted by atomic mass is 10.1. The lowest BCUT2D eigenvalue weighted by Gasteiger charge is -2.03. The van der Waals surface area contributed by atoms with Crippen LogP contribution in [0.4, 0.5) is 0 Å². The van der Waals surface area contributed by atoms with Crippen LogP contribution >= 0.6 is 0 Å². The Kier molecular flexibility index (Phi) is 8.75. The molecular formula is C23H29N5O3. The fourth-order valence-corrected chi connectivity index (χ4v) is 2.84. The van der Waals surface area contributed by atoms with Crippen molar-refractivity contribution in [3.63, 3.8) is 0 Å². The van der Waals surface area contributed by atoms with Crippen LogP contribution in [0.15, 0.2) is 67.5 Å². The Balaban J connectivity index is 0.000000155. The maximum Gasteiger partial charge on any atom is 0.261 e. The molecule has 8 heteroatoms. The SMILES string of the molecule is CN1C(=O)c2ccccc2C1=O.CN1CCCC1=O.Cn1cccc1.Cn1ccnc1. The van der Waals surface area contributed by atoms with Crippen molar-refractivity contribution in [3.05, 3.63) is 78.6 Å². The van der Waals surface area contributed by atoms with Gasteiger partial charge in [-0.25, -0.2) is 4.98 Å². The van der Waals surface area contributed by atoms with Crippen LogP contribution < -0.4 is 0 Å². The molecule has 164 valence electrons. The van der Waals surface area contributed by atoms with Crippen LogP contribution in [0.1, 0.15) is 33.6 Å². The Morgan fingerprint density at radius 1 is 0.774 bits per heavy atom. The number of benzene rings is 1. The van der Waals surface area contributed by atoms with E-state index in [1.807, 2.05) is 61.0 Å². The summed E-state index contributed by atoms with van der Waals surface area (Å²) in [5.41, 5.74) is 1.01. The van der Waals surface area contributed by atoms with Crippen molar-refractivity contribution in [1.82, 2.24) is 23.9 Å². The number of carbonyl (C=O) groups is 3. The molecule has 0 aliphatic carbocycles. The minimum Gasteiger partial charge on any atom is -0.357 e. The maximum atomic E-state index is 11.3. The highest BCUT2D eigenvalue weighted by molar-refractivity contribution is 6.21. The van der Waals surface area contributed by atoms with Gasteiger partial charge in [-0.1, -0.05) is 12.1 Å². The van der Waals surface area contributed by atoms with Gasteiger partial charge >= 0.3 is 0 Å². The largest absolute Gasteiger partial charge is 0.357 e. The summed E-state index contributed by atoms with van der Waals surface area (Å²) < 4.78 is 3.89. The topological polar surface area (TPSA) is 80.4 Å². The first kappa shape index (κ1) is 23.6. The fourth-order valence-electron chi connectivity index (χ4n) is 2.84. The summed E-state index contributed by atoms with van der Waals surface area (Å²) in [5, 5.41) is 0. The third-order valence-corrected chi connectivity index (χ3v) is 4.70.